The third-order valence-electron chi connectivity index (χ3n) is 6.07. The summed E-state index contributed by atoms with van der Waals surface area (Å²) in [5.74, 6) is 0.773. The van der Waals surface area contributed by atoms with Crippen molar-refractivity contribution < 1.29 is 9.59 Å². The van der Waals surface area contributed by atoms with E-state index in [2.05, 4.69) is 21.3 Å². The maximum Gasteiger partial charge on any atom is 0.225 e. The molecular formula is C21H29N5O2. The lowest BCUT2D eigenvalue weighted by Crippen LogP contribution is -2.35. The van der Waals surface area contributed by atoms with Crippen molar-refractivity contribution in [3.05, 3.63) is 24.0 Å². The third-order valence-corrected chi connectivity index (χ3v) is 6.07. The molecule has 2 aromatic heterocycles. The van der Waals surface area contributed by atoms with Gasteiger partial charge in [0.1, 0.15) is 0 Å². The number of fused-ring (bicyclic) bond motifs is 1. The van der Waals surface area contributed by atoms with E-state index >= 15 is 0 Å². The summed E-state index contributed by atoms with van der Waals surface area (Å²) in [4.78, 5) is 30.6. The molecule has 0 aromatic carbocycles. The highest BCUT2D eigenvalue weighted by Crippen LogP contribution is 2.33. The van der Waals surface area contributed by atoms with Crippen LogP contribution in [0.3, 0.4) is 0 Å². The van der Waals surface area contributed by atoms with E-state index in [9.17, 15) is 9.59 Å². The third kappa shape index (κ3) is 3.88. The van der Waals surface area contributed by atoms with Crippen LogP contribution >= 0.6 is 0 Å². The van der Waals surface area contributed by atoms with Gasteiger partial charge in [0.05, 0.1) is 12.2 Å². The Morgan fingerprint density at radius 2 is 2.04 bits per heavy atom. The molecule has 2 aromatic rings. The van der Waals surface area contributed by atoms with E-state index in [1.165, 1.54) is 26.2 Å². The minimum atomic E-state index is -0.0442. The fraction of sp³-hybridized carbons (Fsp3) is 0.619. The first-order chi connectivity index (χ1) is 13.6. The van der Waals surface area contributed by atoms with Gasteiger partial charge in [-0.3, -0.25) is 9.59 Å². The first-order valence-electron chi connectivity index (χ1n) is 10.5. The van der Waals surface area contributed by atoms with E-state index < -0.39 is 0 Å². The molecule has 0 radical (unpaired) electrons. The molecule has 1 saturated carbocycles. The van der Waals surface area contributed by atoms with Crippen molar-refractivity contribution in [3.8, 4) is 0 Å². The van der Waals surface area contributed by atoms with E-state index in [0.29, 0.717) is 19.0 Å². The van der Waals surface area contributed by atoms with Crippen LogP contribution in [0.4, 0.5) is 0 Å². The SMILES string of the molecule is CC(=O)NCCn1nc(C2CCN(C(=O)C3CCCCC3)C2)c2cccnc21. The van der Waals surface area contributed by atoms with E-state index in [1.807, 2.05) is 10.7 Å². The molecule has 7 heteroatoms. The minimum Gasteiger partial charge on any atom is -0.354 e. The molecule has 1 aliphatic heterocycles. The lowest BCUT2D eigenvalue weighted by atomic mass is 9.88. The van der Waals surface area contributed by atoms with Gasteiger partial charge in [-0.2, -0.15) is 5.10 Å². The number of carbonyl (C=O) groups excluding carboxylic acids is 2. The molecule has 7 nitrogen and oxygen atoms in total. The normalized spacial score (nSPS) is 20.6. The maximum absolute atomic E-state index is 12.9. The van der Waals surface area contributed by atoms with Gasteiger partial charge in [-0.1, -0.05) is 19.3 Å². The van der Waals surface area contributed by atoms with Crippen LogP contribution in [0.15, 0.2) is 18.3 Å². The summed E-state index contributed by atoms with van der Waals surface area (Å²) in [5.41, 5.74) is 1.88. The second kappa shape index (κ2) is 8.29. The van der Waals surface area contributed by atoms with Gasteiger partial charge in [0.25, 0.3) is 0 Å². The number of amides is 2. The molecule has 2 amide bonds. The summed E-state index contributed by atoms with van der Waals surface area (Å²) in [7, 11) is 0. The predicted octanol–water partition coefficient (Wildman–Crippen LogP) is 2.46. The highest BCUT2D eigenvalue weighted by molar-refractivity contribution is 5.81. The van der Waals surface area contributed by atoms with Crippen LogP contribution in [0.1, 0.15) is 57.1 Å². The van der Waals surface area contributed by atoms with Gasteiger partial charge in [-0.25, -0.2) is 9.67 Å². The molecule has 3 heterocycles. The zero-order valence-electron chi connectivity index (χ0n) is 16.6. The minimum absolute atomic E-state index is 0.0442. The molecule has 150 valence electrons. The molecule has 0 bridgehead atoms. The lowest BCUT2D eigenvalue weighted by molar-refractivity contribution is -0.135. The van der Waals surface area contributed by atoms with Crippen molar-refractivity contribution in [1.29, 1.82) is 0 Å². The maximum atomic E-state index is 12.9. The average molecular weight is 383 g/mol. The van der Waals surface area contributed by atoms with E-state index in [0.717, 1.165) is 49.1 Å². The topological polar surface area (TPSA) is 80.1 Å². The Morgan fingerprint density at radius 3 is 2.82 bits per heavy atom. The van der Waals surface area contributed by atoms with Crippen LogP contribution in [0.2, 0.25) is 0 Å². The van der Waals surface area contributed by atoms with Gasteiger partial charge >= 0.3 is 0 Å². The summed E-state index contributed by atoms with van der Waals surface area (Å²) in [6.45, 7) is 4.20. The number of carbonyl (C=O) groups is 2. The largest absolute Gasteiger partial charge is 0.354 e. The fourth-order valence-corrected chi connectivity index (χ4v) is 4.62. The molecule has 1 N–H and O–H groups in total. The van der Waals surface area contributed by atoms with Crippen LogP contribution in [0.5, 0.6) is 0 Å². The van der Waals surface area contributed by atoms with Crippen LogP contribution in [0, 0.1) is 5.92 Å². The number of nitrogens with zero attached hydrogens (tertiary/aromatic N) is 4. The van der Waals surface area contributed by atoms with Crippen molar-refractivity contribution in [3.63, 3.8) is 0 Å². The molecule has 4 rings (SSSR count). The quantitative estimate of drug-likeness (QED) is 0.860. The Balaban J connectivity index is 1.49. The molecule has 0 spiro atoms. The lowest BCUT2D eigenvalue weighted by Gasteiger charge is -2.26. The van der Waals surface area contributed by atoms with Gasteiger partial charge in [0, 0.05) is 50.0 Å². The first kappa shape index (κ1) is 18.9. The summed E-state index contributed by atoms with van der Waals surface area (Å²) in [6, 6.07) is 4.00. The number of pyridine rings is 1. The molecule has 2 aliphatic rings. The van der Waals surface area contributed by atoms with E-state index in [-0.39, 0.29) is 17.7 Å². The average Bonchev–Trinajstić information content (AvgIpc) is 3.33. The summed E-state index contributed by atoms with van der Waals surface area (Å²) < 4.78 is 1.88. The Labute approximate surface area is 165 Å². The van der Waals surface area contributed by atoms with Crippen LogP contribution < -0.4 is 5.32 Å². The predicted molar refractivity (Wildman–Crippen MR) is 107 cm³/mol. The highest BCUT2D eigenvalue weighted by Gasteiger charge is 2.34. The number of hydrogen-bond donors (Lipinski definition) is 1. The van der Waals surface area contributed by atoms with Crippen LogP contribution in [-0.4, -0.2) is 51.1 Å². The second-order valence-electron chi connectivity index (χ2n) is 8.07. The van der Waals surface area contributed by atoms with Crippen molar-refractivity contribution in [1.82, 2.24) is 25.0 Å². The van der Waals surface area contributed by atoms with Gasteiger partial charge in [-0.15, -0.1) is 0 Å². The van der Waals surface area contributed by atoms with Crippen molar-refractivity contribution >= 4 is 22.8 Å². The Bertz CT molecular complexity index is 856. The highest BCUT2D eigenvalue weighted by atomic mass is 16.2. The zero-order valence-corrected chi connectivity index (χ0v) is 16.6. The Hall–Kier alpha value is -2.44. The first-order valence-corrected chi connectivity index (χ1v) is 10.5. The number of nitrogens with one attached hydrogen (secondary N) is 1. The van der Waals surface area contributed by atoms with E-state index in [4.69, 9.17) is 5.10 Å². The molecule has 1 aliphatic carbocycles. The van der Waals surface area contributed by atoms with Gasteiger partial charge in [0.15, 0.2) is 5.65 Å². The van der Waals surface area contributed by atoms with Crippen LogP contribution in [-0.2, 0) is 16.1 Å². The van der Waals surface area contributed by atoms with E-state index in [1.54, 1.807) is 6.20 Å². The van der Waals surface area contributed by atoms with Crippen molar-refractivity contribution in [2.45, 2.75) is 57.9 Å². The van der Waals surface area contributed by atoms with Gasteiger partial charge in [0.2, 0.25) is 11.8 Å². The van der Waals surface area contributed by atoms with Gasteiger partial charge in [-0.05, 0) is 31.4 Å². The summed E-state index contributed by atoms with van der Waals surface area (Å²) in [5, 5.41) is 8.71. The molecule has 1 unspecified atom stereocenters. The monoisotopic (exact) mass is 383 g/mol. The zero-order chi connectivity index (χ0) is 19.5. The second-order valence-corrected chi connectivity index (χ2v) is 8.07. The summed E-state index contributed by atoms with van der Waals surface area (Å²) >= 11 is 0. The summed E-state index contributed by atoms with van der Waals surface area (Å²) in [6.07, 6.45) is 8.45. The molecular weight excluding hydrogens is 354 g/mol. The standard InChI is InChI=1S/C21H29N5O2/c1-15(27)22-11-13-26-20-18(8-5-10-23-20)19(24-26)17-9-12-25(14-17)21(28)16-6-3-2-4-7-16/h5,8,10,16-17H,2-4,6-7,9,11-14H2,1H3,(H,22,27). The number of likely N-dealkylation sites (tertiary alicyclic amines) is 1. The van der Waals surface area contributed by atoms with Crippen LogP contribution in [0.25, 0.3) is 11.0 Å². The van der Waals surface area contributed by atoms with Gasteiger partial charge < -0.3 is 10.2 Å². The number of hydrogen-bond acceptors (Lipinski definition) is 4. The van der Waals surface area contributed by atoms with Crippen molar-refractivity contribution in [2.75, 3.05) is 19.6 Å². The smallest absolute Gasteiger partial charge is 0.225 e. The molecule has 28 heavy (non-hydrogen) atoms. The molecule has 2 fully saturated rings. The Morgan fingerprint density at radius 1 is 1.21 bits per heavy atom. The molecule has 1 saturated heterocycles. The molecule has 1 atom stereocenters. The Kier molecular flexibility index (Phi) is 5.59. The number of rotatable bonds is 5. The fourth-order valence-electron chi connectivity index (χ4n) is 4.62. The number of aromatic nitrogens is 3. The van der Waals surface area contributed by atoms with Crippen molar-refractivity contribution in [2.24, 2.45) is 5.92 Å².